The van der Waals surface area contributed by atoms with Gasteiger partial charge in [-0.2, -0.15) is 0 Å². The fourth-order valence-electron chi connectivity index (χ4n) is 1.65. The van der Waals surface area contributed by atoms with E-state index in [1.165, 1.54) is 29.2 Å². The van der Waals surface area contributed by atoms with Crippen LogP contribution in [0.15, 0.2) is 24.3 Å². The number of non-ortho nitro benzene ring substituents is 1. The number of anilines is 1. The van der Waals surface area contributed by atoms with Crippen LogP contribution in [0.1, 0.15) is 13.8 Å². The van der Waals surface area contributed by atoms with Crippen LogP contribution in [0, 0.1) is 16.0 Å². The molecule has 0 aliphatic carbocycles. The Bertz CT molecular complexity index is 529. The SMILES string of the molecule is CCN(C[C@H](C)C(N)=O)C(=O)Nc1ccc([N+](=O)[O-])cc1. The molecule has 21 heavy (non-hydrogen) atoms. The first-order valence-electron chi connectivity index (χ1n) is 6.44. The molecule has 0 aromatic heterocycles. The Morgan fingerprint density at radius 1 is 1.38 bits per heavy atom. The van der Waals surface area contributed by atoms with Crippen molar-refractivity contribution in [1.82, 2.24) is 4.90 Å². The maximum Gasteiger partial charge on any atom is 0.321 e. The third-order valence-electron chi connectivity index (χ3n) is 2.98. The van der Waals surface area contributed by atoms with Crippen LogP contribution in [-0.4, -0.2) is 34.9 Å². The number of carbonyl (C=O) groups is 2. The van der Waals surface area contributed by atoms with Crippen molar-refractivity contribution in [3.8, 4) is 0 Å². The third-order valence-corrected chi connectivity index (χ3v) is 2.98. The number of nitrogens with two attached hydrogens (primary N) is 1. The lowest BCUT2D eigenvalue weighted by Gasteiger charge is -2.23. The zero-order valence-electron chi connectivity index (χ0n) is 11.9. The molecule has 1 aromatic carbocycles. The van der Waals surface area contributed by atoms with E-state index >= 15 is 0 Å². The van der Waals surface area contributed by atoms with Gasteiger partial charge in [-0.1, -0.05) is 6.92 Å². The fraction of sp³-hybridized carbons (Fsp3) is 0.385. The largest absolute Gasteiger partial charge is 0.369 e. The molecule has 8 heteroatoms. The van der Waals surface area contributed by atoms with Crippen molar-refractivity contribution < 1.29 is 14.5 Å². The lowest BCUT2D eigenvalue weighted by molar-refractivity contribution is -0.384. The topological polar surface area (TPSA) is 119 Å². The maximum atomic E-state index is 12.0. The van der Waals surface area contributed by atoms with Crippen molar-refractivity contribution in [2.45, 2.75) is 13.8 Å². The average molecular weight is 294 g/mol. The number of carbonyl (C=O) groups excluding carboxylic acids is 2. The van der Waals surface area contributed by atoms with Crippen molar-refractivity contribution in [1.29, 1.82) is 0 Å². The second-order valence-corrected chi connectivity index (χ2v) is 4.58. The van der Waals surface area contributed by atoms with E-state index in [9.17, 15) is 19.7 Å². The van der Waals surface area contributed by atoms with Gasteiger partial charge >= 0.3 is 6.03 Å². The van der Waals surface area contributed by atoms with Crippen LogP contribution in [0.25, 0.3) is 0 Å². The maximum absolute atomic E-state index is 12.0. The second-order valence-electron chi connectivity index (χ2n) is 4.58. The molecule has 0 spiro atoms. The Hall–Kier alpha value is -2.64. The van der Waals surface area contributed by atoms with Gasteiger partial charge in [-0.15, -0.1) is 0 Å². The van der Waals surface area contributed by atoms with Crippen LogP contribution >= 0.6 is 0 Å². The van der Waals surface area contributed by atoms with Gasteiger partial charge in [0.05, 0.1) is 10.8 Å². The lowest BCUT2D eigenvalue weighted by atomic mass is 10.1. The molecule has 0 saturated carbocycles. The van der Waals surface area contributed by atoms with Crippen molar-refractivity contribution in [3.05, 3.63) is 34.4 Å². The fourth-order valence-corrected chi connectivity index (χ4v) is 1.65. The summed E-state index contributed by atoms with van der Waals surface area (Å²) in [6.45, 7) is 4.05. The predicted molar refractivity (Wildman–Crippen MR) is 77.7 cm³/mol. The molecule has 0 heterocycles. The minimum Gasteiger partial charge on any atom is -0.369 e. The van der Waals surface area contributed by atoms with Crippen LogP contribution in [-0.2, 0) is 4.79 Å². The van der Waals surface area contributed by atoms with Gasteiger partial charge in [0.1, 0.15) is 0 Å². The number of amides is 3. The number of nitro groups is 1. The minimum atomic E-state index is -0.515. The Kier molecular flexibility index (Phi) is 5.65. The number of nitrogens with zero attached hydrogens (tertiary/aromatic N) is 2. The molecule has 3 amide bonds. The van der Waals surface area contributed by atoms with E-state index in [-0.39, 0.29) is 18.3 Å². The van der Waals surface area contributed by atoms with E-state index in [2.05, 4.69) is 5.32 Å². The normalized spacial score (nSPS) is 11.5. The highest BCUT2D eigenvalue weighted by Gasteiger charge is 2.18. The van der Waals surface area contributed by atoms with Gasteiger partial charge in [0, 0.05) is 30.9 Å². The quantitative estimate of drug-likeness (QED) is 0.611. The summed E-state index contributed by atoms with van der Waals surface area (Å²) in [6, 6.07) is 5.11. The van der Waals surface area contributed by atoms with Gasteiger partial charge in [-0.25, -0.2) is 4.79 Å². The molecular formula is C13H18N4O4. The summed E-state index contributed by atoms with van der Waals surface area (Å²) in [5, 5.41) is 13.2. The summed E-state index contributed by atoms with van der Waals surface area (Å²) in [7, 11) is 0. The summed E-state index contributed by atoms with van der Waals surface area (Å²) < 4.78 is 0. The molecule has 1 rings (SSSR count). The van der Waals surface area contributed by atoms with Crippen LogP contribution in [0.5, 0.6) is 0 Å². The van der Waals surface area contributed by atoms with E-state index in [0.717, 1.165) is 0 Å². The average Bonchev–Trinajstić information content (AvgIpc) is 2.44. The minimum absolute atomic E-state index is 0.0531. The highest BCUT2D eigenvalue weighted by molar-refractivity contribution is 5.89. The van der Waals surface area contributed by atoms with Crippen LogP contribution in [0.2, 0.25) is 0 Å². The molecule has 3 N–H and O–H groups in total. The van der Waals surface area contributed by atoms with Gasteiger partial charge in [0.2, 0.25) is 5.91 Å². The molecule has 0 unspecified atom stereocenters. The van der Waals surface area contributed by atoms with Gasteiger partial charge in [-0.05, 0) is 19.1 Å². The Morgan fingerprint density at radius 3 is 2.38 bits per heavy atom. The second kappa shape index (κ2) is 7.22. The monoisotopic (exact) mass is 294 g/mol. The van der Waals surface area contributed by atoms with Gasteiger partial charge in [0.25, 0.3) is 5.69 Å². The van der Waals surface area contributed by atoms with E-state index < -0.39 is 16.7 Å². The summed E-state index contributed by atoms with van der Waals surface area (Å²) in [6.07, 6.45) is 0. The van der Waals surface area contributed by atoms with Crippen LogP contribution in [0.4, 0.5) is 16.2 Å². The predicted octanol–water partition coefficient (Wildman–Crippen LogP) is 1.57. The molecule has 0 saturated heterocycles. The molecule has 0 fully saturated rings. The number of hydrogen-bond acceptors (Lipinski definition) is 4. The van der Waals surface area contributed by atoms with Crippen LogP contribution < -0.4 is 11.1 Å². The lowest BCUT2D eigenvalue weighted by Crippen LogP contribution is -2.40. The number of primary amides is 1. The number of nitrogens with one attached hydrogen (secondary N) is 1. The number of nitro benzene ring substituents is 1. The Labute approximate surface area is 122 Å². The Balaban J connectivity index is 2.69. The van der Waals surface area contributed by atoms with Gasteiger partial charge in [-0.3, -0.25) is 14.9 Å². The number of benzene rings is 1. The zero-order chi connectivity index (χ0) is 16.0. The van der Waals surface area contributed by atoms with Crippen molar-refractivity contribution in [3.63, 3.8) is 0 Å². The van der Waals surface area contributed by atoms with Crippen LogP contribution in [0.3, 0.4) is 0 Å². The molecular weight excluding hydrogens is 276 g/mol. The summed E-state index contributed by atoms with van der Waals surface area (Å²) in [4.78, 5) is 34.5. The molecule has 1 atom stereocenters. The summed E-state index contributed by atoms with van der Waals surface area (Å²) in [5.41, 5.74) is 5.56. The third kappa shape index (κ3) is 4.75. The molecule has 0 bridgehead atoms. The summed E-state index contributed by atoms with van der Waals surface area (Å²) >= 11 is 0. The first-order chi connectivity index (χ1) is 9.85. The highest BCUT2D eigenvalue weighted by atomic mass is 16.6. The van der Waals surface area contributed by atoms with E-state index in [4.69, 9.17) is 5.73 Å². The van der Waals surface area contributed by atoms with Crippen molar-refractivity contribution in [2.24, 2.45) is 11.7 Å². The van der Waals surface area contributed by atoms with E-state index in [1.54, 1.807) is 13.8 Å². The highest BCUT2D eigenvalue weighted by Crippen LogP contribution is 2.16. The molecule has 0 aliphatic rings. The van der Waals surface area contributed by atoms with Crippen molar-refractivity contribution >= 4 is 23.3 Å². The molecule has 0 radical (unpaired) electrons. The smallest absolute Gasteiger partial charge is 0.321 e. The van der Waals surface area contributed by atoms with Gasteiger partial charge in [0.15, 0.2) is 0 Å². The van der Waals surface area contributed by atoms with E-state index in [1.807, 2.05) is 0 Å². The number of rotatable bonds is 6. The Morgan fingerprint density at radius 2 is 1.95 bits per heavy atom. The van der Waals surface area contributed by atoms with E-state index in [0.29, 0.717) is 12.2 Å². The molecule has 114 valence electrons. The first kappa shape index (κ1) is 16.4. The number of urea groups is 1. The van der Waals surface area contributed by atoms with Crippen molar-refractivity contribution in [2.75, 3.05) is 18.4 Å². The number of hydrogen-bond donors (Lipinski definition) is 2. The first-order valence-corrected chi connectivity index (χ1v) is 6.44. The summed E-state index contributed by atoms with van der Waals surface area (Å²) in [5.74, 6) is -0.927. The zero-order valence-corrected chi connectivity index (χ0v) is 11.9. The molecule has 8 nitrogen and oxygen atoms in total. The standard InChI is InChI=1S/C13H18N4O4/c1-3-16(8-9(2)12(14)18)13(19)15-10-4-6-11(7-5-10)17(20)21/h4-7,9H,3,8H2,1-2H3,(H2,14,18)(H,15,19)/t9-/m0/s1. The molecule has 0 aliphatic heterocycles. The van der Waals surface area contributed by atoms with Gasteiger partial charge < -0.3 is 16.0 Å². The molecule has 1 aromatic rings.